The van der Waals surface area contributed by atoms with E-state index in [9.17, 15) is 4.79 Å². The molecule has 0 radical (unpaired) electrons. The third-order valence-electron chi connectivity index (χ3n) is 5.72. The number of amides is 1. The Hall–Kier alpha value is -2.49. The van der Waals surface area contributed by atoms with Crippen molar-refractivity contribution in [2.24, 2.45) is 0 Å². The van der Waals surface area contributed by atoms with Gasteiger partial charge in [-0.15, -0.1) is 0 Å². The topological polar surface area (TPSA) is 73.1 Å². The van der Waals surface area contributed by atoms with Crippen LogP contribution in [0, 0.1) is 0 Å². The fourth-order valence-electron chi connectivity index (χ4n) is 3.88. The Morgan fingerprint density at radius 3 is 2.85 bits per heavy atom. The number of aryl methyl sites for hydroxylation is 2. The second kappa shape index (κ2) is 11.6. The average Bonchev–Trinajstić information content (AvgIpc) is 3.34. The fourth-order valence-corrected chi connectivity index (χ4v) is 5.17. The summed E-state index contributed by atoms with van der Waals surface area (Å²) in [7, 11) is 0. The molecule has 0 atom stereocenters. The van der Waals surface area contributed by atoms with Crippen LogP contribution in [0.4, 0.5) is 0 Å². The Morgan fingerprint density at radius 2 is 2.03 bits per heavy atom. The number of hydrogen-bond donors (Lipinski definition) is 0. The van der Waals surface area contributed by atoms with Gasteiger partial charge in [-0.3, -0.25) is 4.79 Å². The number of fused-ring (bicyclic) bond motifs is 1. The van der Waals surface area contributed by atoms with Crippen molar-refractivity contribution < 1.29 is 30.7 Å². The number of alkyl halides is 2. The normalized spacial score (nSPS) is 13.2. The van der Waals surface area contributed by atoms with Crippen LogP contribution in [0.3, 0.4) is 0 Å². The van der Waals surface area contributed by atoms with E-state index in [-0.39, 0.29) is 27.1 Å². The number of nitrogens with zero attached hydrogens (tertiary/aromatic N) is 5. The van der Waals surface area contributed by atoms with Crippen molar-refractivity contribution in [3.05, 3.63) is 59.5 Å². The number of ether oxygens (including phenoxy) is 1. The quantitative estimate of drug-likeness (QED) is 0.204. The molecule has 3 aromatic rings. The molecule has 0 aliphatic carbocycles. The summed E-state index contributed by atoms with van der Waals surface area (Å²) >= 11 is 0.216. The van der Waals surface area contributed by atoms with Crippen molar-refractivity contribution in [2.45, 2.75) is 46.2 Å². The van der Waals surface area contributed by atoms with Gasteiger partial charge in [0.2, 0.25) is 0 Å². The molecule has 8 heteroatoms. The van der Waals surface area contributed by atoms with E-state index in [1.165, 1.54) is 15.6 Å². The first-order valence-electron chi connectivity index (χ1n) is 11.6. The Morgan fingerprint density at radius 1 is 1.18 bits per heavy atom. The van der Waals surface area contributed by atoms with E-state index in [4.69, 9.17) is 4.74 Å². The van der Waals surface area contributed by atoms with Crippen molar-refractivity contribution in [3.63, 3.8) is 0 Å². The molecule has 2 aromatic heterocycles. The summed E-state index contributed by atoms with van der Waals surface area (Å²) in [6.45, 7) is 7.00. The molecule has 4 rings (SSSR count). The zero-order chi connectivity index (χ0) is 23.0. The predicted octanol–water partition coefficient (Wildman–Crippen LogP) is 0.365. The SMILES string of the molecule is CC[I-]CCOc1nc(CC)cc(-c2cnn(CCC(=O)N3CCc4ccccc4C3)c2)n1. The number of halogens is 1. The van der Waals surface area contributed by atoms with E-state index >= 15 is 0 Å². The maximum absolute atomic E-state index is 12.8. The Kier molecular flexibility index (Phi) is 8.30. The summed E-state index contributed by atoms with van der Waals surface area (Å²) in [5.41, 5.74) is 5.28. The minimum absolute atomic E-state index is 0.169. The molecule has 176 valence electrons. The van der Waals surface area contributed by atoms with Gasteiger partial charge in [0, 0.05) is 13.1 Å². The Bertz CT molecular complexity index is 1080. The number of benzene rings is 1. The molecule has 1 aliphatic rings. The minimum atomic E-state index is 0.169. The first-order valence-corrected chi connectivity index (χ1v) is 14.6. The summed E-state index contributed by atoms with van der Waals surface area (Å²) in [6, 6.07) is 10.8. The molecule has 1 amide bonds. The van der Waals surface area contributed by atoms with Crippen LogP contribution in [-0.4, -0.2) is 52.6 Å². The van der Waals surface area contributed by atoms with Crippen LogP contribution in [0.1, 0.15) is 37.1 Å². The number of hydrogen-bond acceptors (Lipinski definition) is 5. The van der Waals surface area contributed by atoms with E-state index in [2.05, 4.69) is 47.1 Å². The fraction of sp³-hybridized carbons (Fsp3) is 0.440. The van der Waals surface area contributed by atoms with E-state index in [0.29, 0.717) is 32.1 Å². The van der Waals surface area contributed by atoms with E-state index < -0.39 is 0 Å². The zero-order valence-corrected chi connectivity index (χ0v) is 21.5. The van der Waals surface area contributed by atoms with Crippen molar-refractivity contribution in [1.82, 2.24) is 24.6 Å². The Balaban J connectivity index is 1.36. The van der Waals surface area contributed by atoms with Gasteiger partial charge in [-0.1, -0.05) is 24.3 Å². The molecule has 0 saturated heterocycles. The van der Waals surface area contributed by atoms with Gasteiger partial charge in [0.15, 0.2) is 0 Å². The van der Waals surface area contributed by atoms with E-state index in [1.54, 1.807) is 6.20 Å². The van der Waals surface area contributed by atoms with Crippen molar-refractivity contribution >= 4 is 5.91 Å². The molecule has 0 fully saturated rings. The van der Waals surface area contributed by atoms with Crippen LogP contribution >= 0.6 is 0 Å². The summed E-state index contributed by atoms with van der Waals surface area (Å²) < 4.78 is 10.0. The Labute approximate surface area is 205 Å². The molecule has 7 nitrogen and oxygen atoms in total. The molecule has 1 aromatic carbocycles. The number of rotatable bonds is 10. The number of aromatic nitrogens is 4. The van der Waals surface area contributed by atoms with Gasteiger partial charge in [0.1, 0.15) is 0 Å². The van der Waals surface area contributed by atoms with Gasteiger partial charge in [0.05, 0.1) is 0 Å². The van der Waals surface area contributed by atoms with Crippen LogP contribution in [-0.2, 0) is 30.7 Å². The second-order valence-corrected chi connectivity index (χ2v) is 11.6. The number of carbonyl (C=O) groups excluding carboxylic acids is 1. The summed E-state index contributed by atoms with van der Waals surface area (Å²) in [5.74, 6) is 0.169. The molecule has 0 unspecified atom stereocenters. The molecule has 0 N–H and O–H groups in total. The third kappa shape index (κ3) is 6.31. The van der Waals surface area contributed by atoms with Gasteiger partial charge in [-0.05, 0) is 17.5 Å². The molecule has 3 heterocycles. The van der Waals surface area contributed by atoms with E-state index in [0.717, 1.165) is 40.8 Å². The average molecular weight is 560 g/mol. The van der Waals surface area contributed by atoms with Crippen molar-refractivity contribution in [3.8, 4) is 17.3 Å². The molecular formula is C25H31IN5O2-. The summed E-state index contributed by atoms with van der Waals surface area (Å²) in [4.78, 5) is 23.9. The summed E-state index contributed by atoms with van der Waals surface area (Å²) in [6.07, 6.45) is 5.92. The first-order chi connectivity index (χ1) is 16.2. The van der Waals surface area contributed by atoms with Crippen LogP contribution in [0.15, 0.2) is 42.7 Å². The number of carbonyl (C=O) groups is 1. The monoisotopic (exact) mass is 560 g/mol. The molecule has 0 bridgehead atoms. The second-order valence-electron chi connectivity index (χ2n) is 7.95. The first kappa shape index (κ1) is 23.7. The van der Waals surface area contributed by atoms with Crippen LogP contribution in [0.2, 0.25) is 0 Å². The molecule has 1 aliphatic heterocycles. The maximum atomic E-state index is 12.8. The third-order valence-corrected chi connectivity index (χ3v) is 8.00. The van der Waals surface area contributed by atoms with E-state index in [1.807, 2.05) is 27.9 Å². The van der Waals surface area contributed by atoms with Gasteiger partial charge >= 0.3 is 142 Å². The molecular weight excluding hydrogens is 529 g/mol. The molecule has 33 heavy (non-hydrogen) atoms. The van der Waals surface area contributed by atoms with Crippen LogP contribution in [0.25, 0.3) is 11.3 Å². The van der Waals surface area contributed by atoms with Crippen LogP contribution in [0.5, 0.6) is 6.01 Å². The zero-order valence-electron chi connectivity index (χ0n) is 19.3. The van der Waals surface area contributed by atoms with Gasteiger partial charge in [-0.25, -0.2) is 0 Å². The van der Waals surface area contributed by atoms with Crippen LogP contribution < -0.4 is 25.9 Å². The standard InChI is InChI=1S/C25H31IN5O2/c1-3-22-15-23(29-25(28-22)33-14-11-26-4-2)21-16-27-31(18-21)13-10-24(32)30-12-9-19-7-5-6-8-20(19)17-30/h5-8,15-16,18H,3-4,9-14,17H2,1-2H3/q-1. The summed E-state index contributed by atoms with van der Waals surface area (Å²) in [5, 5.41) is 4.47. The molecule has 0 saturated carbocycles. The molecule has 0 spiro atoms. The van der Waals surface area contributed by atoms with Crippen molar-refractivity contribution in [2.75, 3.05) is 22.0 Å². The van der Waals surface area contributed by atoms with Gasteiger partial charge in [0.25, 0.3) is 0 Å². The van der Waals surface area contributed by atoms with Gasteiger partial charge < -0.3 is 4.90 Å². The van der Waals surface area contributed by atoms with Gasteiger partial charge in [-0.2, -0.15) is 0 Å². The van der Waals surface area contributed by atoms with Crippen molar-refractivity contribution in [1.29, 1.82) is 0 Å². The predicted molar refractivity (Wildman–Crippen MR) is 124 cm³/mol.